The van der Waals surface area contributed by atoms with Gasteiger partial charge in [-0.15, -0.1) is 21.5 Å². The van der Waals surface area contributed by atoms with E-state index >= 15 is 0 Å². The van der Waals surface area contributed by atoms with Crippen molar-refractivity contribution in [3.63, 3.8) is 0 Å². The Morgan fingerprint density at radius 2 is 2.07 bits per heavy atom. The molecular weight excluding hydrogens is 390 g/mol. The summed E-state index contributed by atoms with van der Waals surface area (Å²) in [6.45, 7) is 0.757. The van der Waals surface area contributed by atoms with Gasteiger partial charge in [-0.1, -0.05) is 30.7 Å². The van der Waals surface area contributed by atoms with Crippen molar-refractivity contribution in [2.45, 2.75) is 43.4 Å². The first-order chi connectivity index (χ1) is 13.0. The van der Waals surface area contributed by atoms with Gasteiger partial charge in [-0.25, -0.2) is 0 Å². The molecule has 0 bridgehead atoms. The number of thioether (sulfide) groups is 1. The van der Waals surface area contributed by atoms with Crippen LogP contribution in [0, 0.1) is 22.0 Å². The molecular formula is C17H23N3O5S2. The van der Waals surface area contributed by atoms with E-state index in [9.17, 15) is 19.7 Å². The topological polar surface area (TPSA) is 111 Å². The van der Waals surface area contributed by atoms with Crippen LogP contribution in [0.2, 0.25) is 0 Å². The van der Waals surface area contributed by atoms with Gasteiger partial charge in [-0.05, 0) is 42.5 Å². The zero-order valence-corrected chi connectivity index (χ0v) is 16.4. The van der Waals surface area contributed by atoms with Crippen LogP contribution in [0.4, 0.5) is 4.79 Å². The highest BCUT2D eigenvalue weighted by Gasteiger charge is 2.39. The molecule has 148 valence electrons. The number of rotatable bonds is 8. The number of amides is 2. The standard InChI is InChI=1S/C17H23N3O5S2/c21-16(14-15(27-17(22)19-14)13-2-1-9-26-13)18-8-7-11-3-5-12(6-4-11)10-25-20(23)24/h1-2,9,11-12,14-15H,3-8,10H2,(H,18,21)(H,19,22). The van der Waals surface area contributed by atoms with E-state index < -0.39 is 11.1 Å². The molecule has 1 saturated carbocycles. The molecule has 2 fully saturated rings. The van der Waals surface area contributed by atoms with Gasteiger partial charge in [0.2, 0.25) is 5.91 Å². The molecule has 10 heteroatoms. The van der Waals surface area contributed by atoms with Crippen LogP contribution in [0.15, 0.2) is 17.5 Å². The van der Waals surface area contributed by atoms with Crippen molar-refractivity contribution >= 4 is 34.2 Å². The number of carbonyl (C=O) groups is 2. The zero-order valence-electron chi connectivity index (χ0n) is 14.8. The zero-order chi connectivity index (χ0) is 19.2. The molecule has 2 N–H and O–H groups in total. The monoisotopic (exact) mass is 413 g/mol. The molecule has 1 aliphatic carbocycles. The summed E-state index contributed by atoms with van der Waals surface area (Å²) in [5, 5.41) is 16.9. The Labute approximate surface area is 165 Å². The van der Waals surface area contributed by atoms with Gasteiger partial charge in [0.25, 0.3) is 10.3 Å². The van der Waals surface area contributed by atoms with Gasteiger partial charge >= 0.3 is 0 Å². The molecule has 1 aromatic rings. The van der Waals surface area contributed by atoms with Gasteiger partial charge in [-0.3, -0.25) is 9.59 Å². The SMILES string of the molecule is O=C1NC(C(=O)NCCC2CCC(CO[N+](=O)[O-])CC2)C(c2cccs2)S1. The van der Waals surface area contributed by atoms with Crippen molar-refractivity contribution < 1.29 is 19.5 Å². The van der Waals surface area contributed by atoms with E-state index in [1.54, 1.807) is 11.3 Å². The van der Waals surface area contributed by atoms with Crippen LogP contribution < -0.4 is 10.6 Å². The fraction of sp³-hybridized carbons (Fsp3) is 0.647. The summed E-state index contributed by atoms with van der Waals surface area (Å²) >= 11 is 2.72. The van der Waals surface area contributed by atoms with Crippen LogP contribution in [0.25, 0.3) is 0 Å². The second-order valence-electron chi connectivity index (χ2n) is 6.95. The van der Waals surface area contributed by atoms with Crippen LogP contribution in [-0.4, -0.2) is 35.4 Å². The van der Waals surface area contributed by atoms with Gasteiger partial charge in [0.1, 0.15) is 6.04 Å². The smallest absolute Gasteiger partial charge is 0.294 e. The molecule has 8 nitrogen and oxygen atoms in total. The summed E-state index contributed by atoms with van der Waals surface area (Å²) in [7, 11) is 0. The number of hydrogen-bond acceptors (Lipinski definition) is 7. The highest BCUT2D eigenvalue weighted by atomic mass is 32.2. The van der Waals surface area contributed by atoms with E-state index in [1.165, 1.54) is 11.8 Å². The molecule has 2 heterocycles. The molecule has 2 amide bonds. The van der Waals surface area contributed by atoms with Gasteiger partial charge in [0.15, 0.2) is 0 Å². The molecule has 2 unspecified atom stereocenters. The van der Waals surface area contributed by atoms with Gasteiger partial charge in [0.05, 0.1) is 11.9 Å². The molecule has 27 heavy (non-hydrogen) atoms. The van der Waals surface area contributed by atoms with Crippen molar-refractivity contribution in [1.29, 1.82) is 0 Å². The third-order valence-electron chi connectivity index (χ3n) is 5.15. The Balaban J connectivity index is 1.38. The highest BCUT2D eigenvalue weighted by molar-refractivity contribution is 8.14. The van der Waals surface area contributed by atoms with E-state index in [0.29, 0.717) is 12.5 Å². The van der Waals surface area contributed by atoms with Crippen LogP contribution in [0.5, 0.6) is 0 Å². The number of carbonyl (C=O) groups excluding carboxylic acids is 2. The summed E-state index contributed by atoms with van der Waals surface area (Å²) in [4.78, 5) is 40.0. The molecule has 0 spiro atoms. The summed E-state index contributed by atoms with van der Waals surface area (Å²) in [5.41, 5.74) is 0. The quantitative estimate of drug-likeness (QED) is 0.500. The lowest BCUT2D eigenvalue weighted by Gasteiger charge is -2.28. The van der Waals surface area contributed by atoms with Crippen LogP contribution in [0.1, 0.15) is 42.2 Å². The molecule has 1 aromatic heterocycles. The largest absolute Gasteiger partial charge is 0.354 e. The minimum Gasteiger partial charge on any atom is -0.354 e. The van der Waals surface area contributed by atoms with Gasteiger partial charge in [-0.2, -0.15) is 0 Å². The fourth-order valence-electron chi connectivity index (χ4n) is 3.66. The molecule has 0 aromatic carbocycles. The first-order valence-corrected chi connectivity index (χ1v) is 10.8. The molecule has 0 radical (unpaired) electrons. The Morgan fingerprint density at radius 3 is 2.74 bits per heavy atom. The molecule has 1 aliphatic heterocycles. The number of thiophene rings is 1. The minimum absolute atomic E-state index is 0.139. The number of nitrogens with zero attached hydrogens (tertiary/aromatic N) is 1. The van der Waals surface area contributed by atoms with Crippen molar-refractivity contribution in [2.75, 3.05) is 13.2 Å². The van der Waals surface area contributed by atoms with Crippen molar-refractivity contribution in [2.24, 2.45) is 11.8 Å². The van der Waals surface area contributed by atoms with Crippen molar-refractivity contribution in [3.8, 4) is 0 Å². The summed E-state index contributed by atoms with van der Waals surface area (Å²) in [6, 6.07) is 3.34. The van der Waals surface area contributed by atoms with Crippen LogP contribution in [0.3, 0.4) is 0 Å². The minimum atomic E-state index is -0.731. The summed E-state index contributed by atoms with van der Waals surface area (Å²) in [6.07, 6.45) is 4.71. The number of hydrogen-bond donors (Lipinski definition) is 2. The third-order valence-corrected chi connectivity index (χ3v) is 7.37. The molecule has 2 aliphatic rings. The molecule has 2 atom stereocenters. The third kappa shape index (κ3) is 5.58. The lowest BCUT2D eigenvalue weighted by molar-refractivity contribution is -0.759. The summed E-state index contributed by atoms with van der Waals surface area (Å²) < 4.78 is 0. The maximum absolute atomic E-state index is 12.5. The van der Waals surface area contributed by atoms with Crippen molar-refractivity contribution in [1.82, 2.24) is 10.6 Å². The average molecular weight is 414 g/mol. The highest BCUT2D eigenvalue weighted by Crippen LogP contribution is 2.40. The Bertz CT molecular complexity index is 662. The van der Waals surface area contributed by atoms with E-state index in [-0.39, 0.29) is 28.9 Å². The van der Waals surface area contributed by atoms with Crippen LogP contribution >= 0.6 is 23.1 Å². The Hall–Kier alpha value is -1.81. The molecule has 3 rings (SSSR count). The van der Waals surface area contributed by atoms with E-state index in [0.717, 1.165) is 37.0 Å². The predicted octanol–water partition coefficient (Wildman–Crippen LogP) is 3.14. The van der Waals surface area contributed by atoms with E-state index in [4.69, 9.17) is 0 Å². The maximum Gasteiger partial charge on any atom is 0.294 e. The summed E-state index contributed by atoms with van der Waals surface area (Å²) in [5.74, 6) is 0.621. The Kier molecular flexibility index (Phi) is 6.95. The first-order valence-electron chi connectivity index (χ1n) is 9.08. The maximum atomic E-state index is 12.5. The lowest BCUT2D eigenvalue weighted by Crippen LogP contribution is -2.44. The van der Waals surface area contributed by atoms with Gasteiger partial charge < -0.3 is 15.5 Å². The Morgan fingerprint density at radius 1 is 1.33 bits per heavy atom. The first kappa shape index (κ1) is 19.9. The predicted molar refractivity (Wildman–Crippen MR) is 103 cm³/mol. The number of nitrogens with one attached hydrogen (secondary N) is 2. The second-order valence-corrected chi connectivity index (χ2v) is 9.04. The average Bonchev–Trinajstić information content (AvgIpc) is 3.30. The van der Waals surface area contributed by atoms with Gasteiger partial charge in [0, 0.05) is 11.4 Å². The van der Waals surface area contributed by atoms with E-state index in [1.807, 2.05) is 17.5 Å². The molecule has 1 saturated heterocycles. The van der Waals surface area contributed by atoms with E-state index in [2.05, 4.69) is 15.5 Å². The fourth-order valence-corrected chi connectivity index (χ4v) is 5.66. The normalized spacial score (nSPS) is 27.8. The second kappa shape index (κ2) is 9.41. The lowest BCUT2D eigenvalue weighted by atomic mass is 9.81. The van der Waals surface area contributed by atoms with Crippen molar-refractivity contribution in [3.05, 3.63) is 32.5 Å². The van der Waals surface area contributed by atoms with Crippen LogP contribution in [-0.2, 0) is 9.63 Å².